The number of carboxylic acid groups (broad SMARTS) is 1. The zero-order valence-electron chi connectivity index (χ0n) is 11.0. The lowest BCUT2D eigenvalue weighted by molar-refractivity contribution is -0.148. The molecule has 1 amide bonds. The van der Waals surface area contributed by atoms with Gasteiger partial charge in [0, 0.05) is 12.1 Å². The van der Waals surface area contributed by atoms with E-state index in [4.69, 9.17) is 11.6 Å². The van der Waals surface area contributed by atoms with Crippen LogP contribution >= 0.6 is 11.6 Å². The second-order valence-electron chi connectivity index (χ2n) is 4.88. The van der Waals surface area contributed by atoms with E-state index in [0.29, 0.717) is 25.8 Å². The third-order valence-electron chi connectivity index (χ3n) is 3.88. The Kier molecular flexibility index (Phi) is 3.99. The van der Waals surface area contributed by atoms with Gasteiger partial charge in [-0.1, -0.05) is 18.5 Å². The van der Waals surface area contributed by atoms with Crippen molar-refractivity contribution in [1.29, 1.82) is 0 Å². The molecule has 1 fully saturated rings. The Morgan fingerprint density at radius 3 is 2.75 bits per heavy atom. The molecule has 6 heteroatoms. The summed E-state index contributed by atoms with van der Waals surface area (Å²) in [7, 11) is 0. The van der Waals surface area contributed by atoms with Gasteiger partial charge < -0.3 is 10.0 Å². The number of likely N-dealkylation sites (tertiary alicyclic amines) is 1. The average molecular weight is 300 g/mol. The molecule has 1 aliphatic heterocycles. The first kappa shape index (κ1) is 14.8. The van der Waals surface area contributed by atoms with Crippen LogP contribution in [0.3, 0.4) is 0 Å². The van der Waals surface area contributed by atoms with Crippen LogP contribution in [0.15, 0.2) is 18.2 Å². The third-order valence-corrected chi connectivity index (χ3v) is 4.19. The van der Waals surface area contributed by atoms with Crippen molar-refractivity contribution in [2.75, 3.05) is 6.54 Å². The second-order valence-corrected chi connectivity index (χ2v) is 5.29. The van der Waals surface area contributed by atoms with E-state index in [1.54, 1.807) is 6.92 Å². The van der Waals surface area contributed by atoms with Crippen LogP contribution in [0.1, 0.15) is 36.5 Å². The van der Waals surface area contributed by atoms with Gasteiger partial charge in [-0.05, 0) is 37.5 Å². The van der Waals surface area contributed by atoms with Gasteiger partial charge in [0.1, 0.15) is 11.4 Å². The summed E-state index contributed by atoms with van der Waals surface area (Å²) in [6, 6.07) is 3.76. The molecule has 1 saturated heterocycles. The molecule has 4 nitrogen and oxygen atoms in total. The maximum absolute atomic E-state index is 13.4. The summed E-state index contributed by atoms with van der Waals surface area (Å²) in [6.45, 7) is 2.10. The fourth-order valence-corrected chi connectivity index (χ4v) is 2.82. The highest BCUT2D eigenvalue weighted by Crippen LogP contribution is 2.34. The first-order chi connectivity index (χ1) is 9.42. The number of carbonyl (C=O) groups is 2. The molecule has 1 aromatic carbocycles. The molecule has 1 unspecified atom stereocenters. The van der Waals surface area contributed by atoms with E-state index in [0.717, 1.165) is 6.07 Å². The Hall–Kier alpha value is -1.62. The smallest absolute Gasteiger partial charge is 0.329 e. The summed E-state index contributed by atoms with van der Waals surface area (Å²) in [5, 5.41) is 9.37. The molecule has 0 spiro atoms. The average Bonchev–Trinajstić information content (AvgIpc) is 2.86. The van der Waals surface area contributed by atoms with Gasteiger partial charge in [0.05, 0.1) is 5.02 Å². The normalized spacial score (nSPS) is 22.1. The highest BCUT2D eigenvalue weighted by molar-refractivity contribution is 6.30. The Morgan fingerprint density at radius 2 is 2.20 bits per heavy atom. The molecule has 0 aliphatic carbocycles. The van der Waals surface area contributed by atoms with Crippen molar-refractivity contribution in [3.63, 3.8) is 0 Å². The first-order valence-electron chi connectivity index (χ1n) is 6.43. The lowest BCUT2D eigenvalue weighted by Gasteiger charge is -2.34. The second kappa shape index (κ2) is 5.40. The summed E-state index contributed by atoms with van der Waals surface area (Å²) in [5.74, 6) is -2.17. The SMILES string of the molecule is CCC1(C(=O)O)CCCN1C(=O)c1ccc(Cl)c(F)c1. The van der Waals surface area contributed by atoms with Crippen LogP contribution in [0, 0.1) is 5.82 Å². The van der Waals surface area contributed by atoms with Crippen LogP contribution < -0.4 is 0 Å². The zero-order chi connectivity index (χ0) is 14.9. The molecule has 1 N–H and O–H groups in total. The molecule has 0 aromatic heterocycles. The number of halogens is 2. The highest BCUT2D eigenvalue weighted by atomic mass is 35.5. The summed E-state index contributed by atoms with van der Waals surface area (Å²) >= 11 is 5.58. The van der Waals surface area contributed by atoms with E-state index in [-0.39, 0.29) is 10.6 Å². The van der Waals surface area contributed by atoms with Gasteiger partial charge in [-0.2, -0.15) is 0 Å². The number of carbonyl (C=O) groups excluding carboxylic acids is 1. The Bertz CT molecular complexity index is 563. The number of aliphatic carboxylic acids is 1. The monoisotopic (exact) mass is 299 g/mol. The topological polar surface area (TPSA) is 57.6 Å². The van der Waals surface area contributed by atoms with Gasteiger partial charge in [0.15, 0.2) is 0 Å². The van der Waals surface area contributed by atoms with E-state index >= 15 is 0 Å². The van der Waals surface area contributed by atoms with Gasteiger partial charge in [-0.15, -0.1) is 0 Å². The van der Waals surface area contributed by atoms with E-state index in [1.807, 2.05) is 0 Å². The maximum Gasteiger partial charge on any atom is 0.329 e. The van der Waals surface area contributed by atoms with Gasteiger partial charge >= 0.3 is 5.97 Å². The van der Waals surface area contributed by atoms with Crippen molar-refractivity contribution in [1.82, 2.24) is 4.90 Å². The molecule has 0 radical (unpaired) electrons. The van der Waals surface area contributed by atoms with Crippen LogP contribution in [-0.2, 0) is 4.79 Å². The summed E-state index contributed by atoms with van der Waals surface area (Å²) < 4.78 is 13.4. The van der Waals surface area contributed by atoms with Crippen LogP contribution in [0.2, 0.25) is 5.02 Å². The van der Waals surface area contributed by atoms with Crippen molar-refractivity contribution in [3.05, 3.63) is 34.6 Å². The number of hydrogen-bond donors (Lipinski definition) is 1. The molecule has 1 aromatic rings. The van der Waals surface area contributed by atoms with E-state index in [9.17, 15) is 19.1 Å². The summed E-state index contributed by atoms with van der Waals surface area (Å²) in [6.07, 6.45) is 1.37. The maximum atomic E-state index is 13.4. The van der Waals surface area contributed by atoms with Gasteiger partial charge in [0.2, 0.25) is 0 Å². The van der Waals surface area contributed by atoms with Gasteiger partial charge in [0.25, 0.3) is 5.91 Å². The van der Waals surface area contributed by atoms with Crippen molar-refractivity contribution in [2.45, 2.75) is 31.7 Å². The van der Waals surface area contributed by atoms with Gasteiger partial charge in [-0.3, -0.25) is 4.79 Å². The van der Waals surface area contributed by atoms with Crippen LogP contribution in [0.5, 0.6) is 0 Å². The van der Waals surface area contributed by atoms with Crippen molar-refractivity contribution in [2.24, 2.45) is 0 Å². The molecule has 20 heavy (non-hydrogen) atoms. The highest BCUT2D eigenvalue weighted by Gasteiger charge is 2.48. The molecule has 0 bridgehead atoms. The van der Waals surface area contributed by atoms with Crippen molar-refractivity contribution in [3.8, 4) is 0 Å². The Balaban J connectivity index is 2.36. The number of benzene rings is 1. The zero-order valence-corrected chi connectivity index (χ0v) is 11.8. The first-order valence-corrected chi connectivity index (χ1v) is 6.80. The number of amides is 1. The minimum absolute atomic E-state index is 0.0667. The molecule has 1 aliphatic rings. The minimum atomic E-state index is -1.19. The van der Waals surface area contributed by atoms with Crippen LogP contribution in [-0.4, -0.2) is 34.0 Å². The third kappa shape index (κ3) is 2.26. The molecule has 2 rings (SSSR count). The number of rotatable bonds is 3. The standard InChI is InChI=1S/C14H15ClFNO3/c1-2-14(13(19)20)6-3-7-17(14)12(18)9-4-5-10(15)11(16)8-9/h4-5,8H,2-3,6-7H2,1H3,(H,19,20). The van der Waals surface area contributed by atoms with E-state index in [1.165, 1.54) is 17.0 Å². The lowest BCUT2D eigenvalue weighted by atomic mass is 9.92. The molecule has 1 heterocycles. The molecule has 1 atom stereocenters. The van der Waals surface area contributed by atoms with Gasteiger partial charge in [-0.25, -0.2) is 9.18 Å². The van der Waals surface area contributed by atoms with E-state index < -0.39 is 23.2 Å². The van der Waals surface area contributed by atoms with E-state index in [2.05, 4.69) is 0 Å². The molecule has 0 saturated carbocycles. The largest absolute Gasteiger partial charge is 0.479 e. The number of nitrogens with zero attached hydrogens (tertiary/aromatic N) is 1. The quantitative estimate of drug-likeness (QED) is 0.933. The van der Waals surface area contributed by atoms with Crippen molar-refractivity contribution < 1.29 is 19.1 Å². The van der Waals surface area contributed by atoms with Crippen LogP contribution in [0.4, 0.5) is 4.39 Å². The van der Waals surface area contributed by atoms with Crippen molar-refractivity contribution >= 4 is 23.5 Å². The predicted molar refractivity (Wildman–Crippen MR) is 72.3 cm³/mol. The number of hydrogen-bond acceptors (Lipinski definition) is 2. The molecular formula is C14H15ClFNO3. The Labute approximate surface area is 121 Å². The lowest BCUT2D eigenvalue weighted by Crippen LogP contribution is -2.52. The predicted octanol–water partition coefficient (Wildman–Crippen LogP) is 2.95. The minimum Gasteiger partial charge on any atom is -0.479 e. The Morgan fingerprint density at radius 1 is 1.50 bits per heavy atom. The number of carboxylic acids is 1. The fraction of sp³-hybridized carbons (Fsp3) is 0.429. The summed E-state index contributed by atoms with van der Waals surface area (Å²) in [4.78, 5) is 25.3. The fourth-order valence-electron chi connectivity index (χ4n) is 2.70. The molecular weight excluding hydrogens is 285 g/mol. The molecule has 108 valence electrons. The summed E-state index contributed by atoms with van der Waals surface area (Å²) in [5.41, 5.74) is -1.07. The van der Waals surface area contributed by atoms with Crippen LogP contribution in [0.25, 0.3) is 0 Å².